The molecule has 5 nitrogen and oxygen atoms in total. The predicted octanol–water partition coefficient (Wildman–Crippen LogP) is 3.62. The van der Waals surface area contributed by atoms with Crippen molar-refractivity contribution >= 4 is 11.5 Å². The average Bonchev–Trinajstić information content (AvgIpc) is 2.81. The zero-order valence-electron chi connectivity index (χ0n) is 17.5. The Bertz CT molecular complexity index is 1100. The van der Waals surface area contributed by atoms with Crippen molar-refractivity contribution in [1.29, 1.82) is 0 Å². The van der Waals surface area contributed by atoms with Gasteiger partial charge in [-0.3, -0.25) is 9.88 Å². The highest BCUT2D eigenvalue weighted by Gasteiger charge is 2.44. The summed E-state index contributed by atoms with van der Waals surface area (Å²) in [5, 5.41) is 14.5. The van der Waals surface area contributed by atoms with Crippen LogP contribution in [0.3, 0.4) is 0 Å². The number of aromatic nitrogens is 2. The van der Waals surface area contributed by atoms with Crippen LogP contribution in [0, 0.1) is 17.8 Å². The number of hydrogen-bond acceptors (Lipinski definition) is 5. The van der Waals surface area contributed by atoms with E-state index in [9.17, 15) is 5.11 Å². The number of nitrogens with zero attached hydrogens (tertiary/aromatic N) is 3. The SMILES string of the molecule is OC1(C#Cc2cnc(Nc3ccncc3)cc2Cc2ccccc2)CN2CCC1CC2. The number of hydrogen-bond donors (Lipinski definition) is 2. The Balaban J connectivity index is 1.46. The minimum Gasteiger partial charge on any atom is -0.376 e. The fraction of sp³-hybridized carbons (Fsp3) is 0.308. The summed E-state index contributed by atoms with van der Waals surface area (Å²) in [6, 6.07) is 16.2. The van der Waals surface area contributed by atoms with E-state index in [2.05, 4.69) is 50.2 Å². The third-order valence-corrected chi connectivity index (χ3v) is 6.32. The molecule has 0 amide bonds. The molecule has 5 heterocycles. The van der Waals surface area contributed by atoms with Crippen LogP contribution in [0.4, 0.5) is 11.5 Å². The number of aliphatic hydroxyl groups is 1. The van der Waals surface area contributed by atoms with E-state index in [1.165, 1.54) is 5.56 Å². The summed E-state index contributed by atoms with van der Waals surface area (Å²) >= 11 is 0. The first-order valence-corrected chi connectivity index (χ1v) is 10.9. The van der Waals surface area contributed by atoms with E-state index in [0.29, 0.717) is 6.54 Å². The number of pyridine rings is 2. The van der Waals surface area contributed by atoms with E-state index in [0.717, 1.165) is 55.0 Å². The zero-order valence-corrected chi connectivity index (χ0v) is 17.5. The second-order valence-electron chi connectivity index (χ2n) is 8.47. The Hall–Kier alpha value is -3.20. The van der Waals surface area contributed by atoms with Gasteiger partial charge < -0.3 is 10.4 Å². The Morgan fingerprint density at radius 1 is 1.10 bits per heavy atom. The molecule has 3 fully saturated rings. The summed E-state index contributed by atoms with van der Waals surface area (Å²) in [5.74, 6) is 7.56. The Labute approximate surface area is 183 Å². The standard InChI is InChI=1S/C26H26N4O/c31-26(19-30-14-9-23(26)10-15-30)11-6-21-18-28-25(29-24-7-12-27-13-8-24)17-22(21)16-20-4-2-1-3-5-20/h1-5,7-8,12-13,17-18,23,31H,9-10,14-16,19H2,(H,27,28,29). The zero-order chi connectivity index (χ0) is 21.1. The number of fused-ring (bicyclic) bond motifs is 3. The molecule has 0 spiro atoms. The van der Waals surface area contributed by atoms with Gasteiger partial charge in [-0.25, -0.2) is 4.98 Å². The van der Waals surface area contributed by atoms with Gasteiger partial charge in [0.05, 0.1) is 0 Å². The number of nitrogens with one attached hydrogen (secondary N) is 1. The second kappa shape index (κ2) is 8.50. The summed E-state index contributed by atoms with van der Waals surface area (Å²) in [6.45, 7) is 2.80. The average molecular weight is 411 g/mol. The van der Waals surface area contributed by atoms with Gasteiger partial charge in [0.15, 0.2) is 0 Å². The van der Waals surface area contributed by atoms with Crippen LogP contribution in [0.2, 0.25) is 0 Å². The molecule has 0 radical (unpaired) electrons. The molecule has 3 aromatic rings. The first-order chi connectivity index (χ1) is 15.2. The fourth-order valence-corrected chi connectivity index (χ4v) is 4.58. The van der Waals surface area contributed by atoms with Crippen molar-refractivity contribution < 1.29 is 5.11 Å². The largest absolute Gasteiger partial charge is 0.376 e. The van der Waals surface area contributed by atoms with Gasteiger partial charge >= 0.3 is 0 Å². The van der Waals surface area contributed by atoms with E-state index in [1.807, 2.05) is 36.5 Å². The fourth-order valence-electron chi connectivity index (χ4n) is 4.58. The van der Waals surface area contributed by atoms with Crippen molar-refractivity contribution in [2.75, 3.05) is 25.0 Å². The highest BCUT2D eigenvalue weighted by atomic mass is 16.3. The van der Waals surface area contributed by atoms with E-state index >= 15 is 0 Å². The number of benzene rings is 1. The minimum absolute atomic E-state index is 0.267. The highest BCUT2D eigenvalue weighted by Crippen LogP contribution is 2.35. The molecule has 0 aliphatic carbocycles. The molecule has 1 aromatic carbocycles. The van der Waals surface area contributed by atoms with Crippen molar-refractivity contribution in [1.82, 2.24) is 14.9 Å². The van der Waals surface area contributed by atoms with Crippen molar-refractivity contribution in [3.63, 3.8) is 0 Å². The smallest absolute Gasteiger partial charge is 0.141 e. The van der Waals surface area contributed by atoms with Gasteiger partial charge in [0.2, 0.25) is 0 Å². The molecule has 31 heavy (non-hydrogen) atoms. The lowest BCUT2D eigenvalue weighted by Crippen LogP contribution is -2.58. The lowest BCUT2D eigenvalue weighted by molar-refractivity contribution is -0.0713. The van der Waals surface area contributed by atoms with Gasteiger partial charge in [-0.2, -0.15) is 0 Å². The van der Waals surface area contributed by atoms with Gasteiger partial charge in [0, 0.05) is 42.3 Å². The summed E-state index contributed by atoms with van der Waals surface area (Å²) in [6.07, 6.45) is 8.12. The van der Waals surface area contributed by atoms with Crippen molar-refractivity contribution in [3.05, 3.63) is 83.8 Å². The Morgan fingerprint density at radius 2 is 1.87 bits per heavy atom. The molecule has 1 atom stereocenters. The van der Waals surface area contributed by atoms with Gasteiger partial charge in [0.1, 0.15) is 11.4 Å². The molecule has 3 saturated heterocycles. The van der Waals surface area contributed by atoms with Crippen LogP contribution in [-0.2, 0) is 6.42 Å². The number of rotatable bonds is 4. The summed E-state index contributed by atoms with van der Waals surface area (Å²) < 4.78 is 0. The molecule has 3 aliphatic heterocycles. The third-order valence-electron chi connectivity index (χ3n) is 6.32. The first kappa shape index (κ1) is 19.7. The lowest BCUT2D eigenvalue weighted by atomic mass is 9.75. The van der Waals surface area contributed by atoms with Crippen LogP contribution in [0.25, 0.3) is 0 Å². The second-order valence-corrected chi connectivity index (χ2v) is 8.47. The summed E-state index contributed by atoms with van der Waals surface area (Å²) in [5.41, 5.74) is 3.19. The highest BCUT2D eigenvalue weighted by molar-refractivity contribution is 5.58. The molecule has 2 N–H and O–H groups in total. The molecule has 2 bridgehead atoms. The topological polar surface area (TPSA) is 61.3 Å². The van der Waals surface area contributed by atoms with Crippen LogP contribution in [-0.4, -0.2) is 45.2 Å². The van der Waals surface area contributed by atoms with E-state index in [4.69, 9.17) is 0 Å². The molecule has 156 valence electrons. The summed E-state index contributed by atoms with van der Waals surface area (Å²) in [4.78, 5) is 11.0. The summed E-state index contributed by atoms with van der Waals surface area (Å²) in [7, 11) is 0. The molecule has 1 unspecified atom stereocenters. The first-order valence-electron chi connectivity index (χ1n) is 10.9. The van der Waals surface area contributed by atoms with Gasteiger partial charge in [-0.05, 0) is 61.7 Å². The van der Waals surface area contributed by atoms with Crippen LogP contribution in [0.5, 0.6) is 0 Å². The normalized spacial score (nSPS) is 24.3. The predicted molar refractivity (Wildman–Crippen MR) is 122 cm³/mol. The molecule has 2 aromatic heterocycles. The van der Waals surface area contributed by atoms with Gasteiger partial charge in [-0.1, -0.05) is 42.2 Å². The monoisotopic (exact) mass is 410 g/mol. The number of anilines is 2. The molecule has 6 rings (SSSR count). The maximum Gasteiger partial charge on any atom is 0.141 e. The third kappa shape index (κ3) is 4.46. The molecule has 5 heteroatoms. The minimum atomic E-state index is -0.922. The van der Waals surface area contributed by atoms with Crippen LogP contribution in [0.15, 0.2) is 67.1 Å². The van der Waals surface area contributed by atoms with E-state index in [1.54, 1.807) is 12.4 Å². The van der Waals surface area contributed by atoms with E-state index in [-0.39, 0.29) is 5.92 Å². The van der Waals surface area contributed by atoms with Crippen molar-refractivity contribution in [2.45, 2.75) is 24.9 Å². The number of piperidine rings is 3. The van der Waals surface area contributed by atoms with Crippen molar-refractivity contribution in [2.24, 2.45) is 5.92 Å². The van der Waals surface area contributed by atoms with Crippen LogP contribution >= 0.6 is 0 Å². The van der Waals surface area contributed by atoms with E-state index < -0.39 is 5.60 Å². The Morgan fingerprint density at radius 3 is 2.58 bits per heavy atom. The maximum atomic E-state index is 11.2. The lowest BCUT2D eigenvalue weighted by Gasteiger charge is -2.47. The molecule has 0 saturated carbocycles. The molecular weight excluding hydrogens is 384 g/mol. The van der Waals surface area contributed by atoms with Crippen LogP contribution < -0.4 is 5.32 Å². The van der Waals surface area contributed by atoms with Crippen LogP contribution in [0.1, 0.15) is 29.5 Å². The van der Waals surface area contributed by atoms with Gasteiger partial charge in [0.25, 0.3) is 0 Å². The molecule has 3 aliphatic rings. The maximum absolute atomic E-state index is 11.2. The quantitative estimate of drug-likeness (QED) is 0.644. The van der Waals surface area contributed by atoms with Gasteiger partial charge in [-0.15, -0.1) is 0 Å². The molecular formula is C26H26N4O. The van der Waals surface area contributed by atoms with Crippen molar-refractivity contribution in [3.8, 4) is 11.8 Å². The Kier molecular flexibility index (Phi) is 5.42.